The Bertz CT molecular complexity index is 114. The summed E-state index contributed by atoms with van der Waals surface area (Å²) in [7, 11) is -1.94. The molecule has 0 aromatic carbocycles. The van der Waals surface area contributed by atoms with E-state index in [9.17, 15) is 0 Å². The van der Waals surface area contributed by atoms with E-state index in [4.69, 9.17) is 20.5 Å². The largest absolute Gasteiger partial charge is 0.395 e. The second-order valence-corrected chi connectivity index (χ2v) is 6.88. The molecule has 74 valence electrons. The first-order valence-corrected chi connectivity index (χ1v) is 7.46. The lowest BCUT2D eigenvalue weighted by molar-refractivity contribution is 0.171. The van der Waals surface area contributed by atoms with E-state index in [0.717, 1.165) is 12.5 Å². The minimum absolute atomic E-state index is 0.236. The summed E-state index contributed by atoms with van der Waals surface area (Å²) in [5, 5.41) is 0. The van der Waals surface area contributed by atoms with Crippen LogP contribution in [0.3, 0.4) is 0 Å². The molecule has 0 saturated carbocycles. The van der Waals surface area contributed by atoms with E-state index in [1.165, 1.54) is 0 Å². The Morgan fingerprint density at radius 1 is 1.42 bits per heavy atom. The van der Waals surface area contributed by atoms with Gasteiger partial charge in [0.1, 0.15) is 5.56 Å². The van der Waals surface area contributed by atoms with Gasteiger partial charge in [-0.2, -0.15) is 0 Å². The molecule has 0 bridgehead atoms. The molecule has 0 spiro atoms. The molecule has 4 heteroatoms. The lowest BCUT2D eigenvalue weighted by Gasteiger charge is -2.27. The van der Waals surface area contributed by atoms with Crippen LogP contribution in [-0.4, -0.2) is 20.7 Å². The Kier molecular flexibility index (Phi) is 6.18. The van der Waals surface area contributed by atoms with Crippen molar-refractivity contribution in [2.45, 2.75) is 45.3 Å². The summed E-state index contributed by atoms with van der Waals surface area (Å²) in [4.78, 5) is 0. The van der Waals surface area contributed by atoms with Gasteiger partial charge in [-0.05, 0) is 26.4 Å². The molecule has 0 radical (unpaired) electrons. The molecule has 2 unspecified atom stereocenters. The van der Waals surface area contributed by atoms with Gasteiger partial charge in [0, 0.05) is 6.61 Å². The van der Waals surface area contributed by atoms with Crippen molar-refractivity contribution in [2.75, 3.05) is 6.61 Å². The third kappa shape index (κ3) is 5.14. The summed E-state index contributed by atoms with van der Waals surface area (Å²) < 4.78 is 11.2. The Morgan fingerprint density at radius 3 is 2.33 bits per heavy atom. The van der Waals surface area contributed by atoms with Crippen molar-refractivity contribution < 1.29 is 8.85 Å². The number of halogens is 1. The molecular formula is C8H19ClO2Si. The standard InChI is InChI=1S/C8H19ClO2Si/c1-5-7-12(4,10-6-2)11-8(3)9/h8H,5-7H2,1-4H3. The smallest absolute Gasteiger partial charge is 0.336 e. The van der Waals surface area contributed by atoms with Crippen molar-refractivity contribution in [1.29, 1.82) is 0 Å². The van der Waals surface area contributed by atoms with Crippen LogP contribution in [0.15, 0.2) is 0 Å². The molecule has 0 aromatic heterocycles. The van der Waals surface area contributed by atoms with E-state index in [-0.39, 0.29) is 5.56 Å². The monoisotopic (exact) mass is 210 g/mol. The van der Waals surface area contributed by atoms with Crippen LogP contribution in [0.2, 0.25) is 12.6 Å². The average molecular weight is 211 g/mol. The van der Waals surface area contributed by atoms with Crippen LogP contribution in [0.4, 0.5) is 0 Å². The van der Waals surface area contributed by atoms with Crippen LogP contribution >= 0.6 is 11.6 Å². The first kappa shape index (κ1) is 12.4. The van der Waals surface area contributed by atoms with Crippen LogP contribution < -0.4 is 0 Å². The highest BCUT2D eigenvalue weighted by Gasteiger charge is 2.31. The Hall–Kier alpha value is 0.427. The third-order valence-electron chi connectivity index (χ3n) is 1.57. The summed E-state index contributed by atoms with van der Waals surface area (Å²) in [6.45, 7) is 8.74. The lowest BCUT2D eigenvalue weighted by Crippen LogP contribution is -2.40. The fraction of sp³-hybridized carbons (Fsp3) is 1.00. The van der Waals surface area contributed by atoms with Gasteiger partial charge in [-0.15, -0.1) is 0 Å². The average Bonchev–Trinajstić information content (AvgIpc) is 1.85. The van der Waals surface area contributed by atoms with Crippen LogP contribution in [0.25, 0.3) is 0 Å². The zero-order valence-electron chi connectivity index (χ0n) is 8.39. The van der Waals surface area contributed by atoms with E-state index >= 15 is 0 Å². The van der Waals surface area contributed by atoms with E-state index < -0.39 is 8.56 Å². The zero-order chi connectivity index (χ0) is 9.61. The molecule has 0 aliphatic carbocycles. The number of rotatable bonds is 6. The van der Waals surface area contributed by atoms with Crippen LogP contribution in [0, 0.1) is 0 Å². The summed E-state index contributed by atoms with van der Waals surface area (Å²) >= 11 is 5.77. The van der Waals surface area contributed by atoms with Crippen molar-refractivity contribution in [3.63, 3.8) is 0 Å². The SMILES string of the molecule is CCC[Si](C)(OCC)OC(C)Cl. The maximum atomic E-state index is 5.77. The van der Waals surface area contributed by atoms with Gasteiger partial charge in [0.2, 0.25) is 0 Å². The van der Waals surface area contributed by atoms with Crippen molar-refractivity contribution in [3.05, 3.63) is 0 Å². The van der Waals surface area contributed by atoms with Crippen molar-refractivity contribution >= 4 is 20.2 Å². The molecule has 0 heterocycles. The maximum Gasteiger partial charge on any atom is 0.336 e. The number of alkyl halides is 1. The molecule has 0 aliphatic heterocycles. The summed E-state index contributed by atoms with van der Waals surface area (Å²) in [6, 6.07) is 1.01. The second kappa shape index (κ2) is 5.97. The fourth-order valence-electron chi connectivity index (χ4n) is 1.27. The highest BCUT2D eigenvalue weighted by molar-refractivity contribution is 6.66. The lowest BCUT2D eigenvalue weighted by atomic mass is 10.6. The Balaban J connectivity index is 3.98. The van der Waals surface area contributed by atoms with Gasteiger partial charge in [-0.3, -0.25) is 0 Å². The molecule has 0 N–H and O–H groups in total. The van der Waals surface area contributed by atoms with Gasteiger partial charge >= 0.3 is 8.56 Å². The van der Waals surface area contributed by atoms with Crippen molar-refractivity contribution in [1.82, 2.24) is 0 Å². The zero-order valence-corrected chi connectivity index (χ0v) is 10.1. The van der Waals surface area contributed by atoms with Gasteiger partial charge in [0.05, 0.1) is 0 Å². The van der Waals surface area contributed by atoms with Gasteiger partial charge < -0.3 is 8.85 Å². The van der Waals surface area contributed by atoms with Crippen molar-refractivity contribution in [3.8, 4) is 0 Å². The van der Waals surface area contributed by atoms with Gasteiger partial charge in [-0.1, -0.05) is 24.9 Å². The molecule has 0 saturated heterocycles. The van der Waals surface area contributed by atoms with E-state index in [1.54, 1.807) is 0 Å². The second-order valence-electron chi connectivity index (χ2n) is 2.98. The minimum Gasteiger partial charge on any atom is -0.395 e. The fourth-order valence-corrected chi connectivity index (χ4v) is 4.37. The normalized spacial score (nSPS) is 18.8. The van der Waals surface area contributed by atoms with Crippen LogP contribution in [-0.2, 0) is 8.85 Å². The molecule has 0 amide bonds. The molecule has 12 heavy (non-hydrogen) atoms. The highest BCUT2D eigenvalue weighted by atomic mass is 35.5. The molecule has 0 aromatic rings. The Labute approximate surface area is 81.5 Å². The van der Waals surface area contributed by atoms with E-state index in [1.807, 2.05) is 13.8 Å². The third-order valence-corrected chi connectivity index (χ3v) is 4.96. The molecule has 2 nitrogen and oxygen atoms in total. The van der Waals surface area contributed by atoms with Gasteiger partial charge in [-0.25, -0.2) is 0 Å². The van der Waals surface area contributed by atoms with Gasteiger partial charge in [0.15, 0.2) is 0 Å². The van der Waals surface area contributed by atoms with E-state index in [0.29, 0.717) is 6.61 Å². The Morgan fingerprint density at radius 2 is 2.00 bits per heavy atom. The van der Waals surface area contributed by atoms with E-state index in [2.05, 4.69) is 13.5 Å². The molecule has 2 atom stereocenters. The van der Waals surface area contributed by atoms with Gasteiger partial charge in [0.25, 0.3) is 0 Å². The predicted octanol–water partition coefficient (Wildman–Crippen LogP) is 3.11. The number of hydrogen-bond acceptors (Lipinski definition) is 2. The van der Waals surface area contributed by atoms with Crippen LogP contribution in [0.1, 0.15) is 27.2 Å². The first-order valence-electron chi connectivity index (χ1n) is 4.50. The quantitative estimate of drug-likeness (QED) is 0.496. The molecule has 0 rings (SSSR count). The summed E-state index contributed by atoms with van der Waals surface area (Å²) in [5.74, 6) is 0. The summed E-state index contributed by atoms with van der Waals surface area (Å²) in [6.07, 6.45) is 1.09. The maximum absolute atomic E-state index is 5.77. The highest BCUT2D eigenvalue weighted by Crippen LogP contribution is 2.18. The number of hydrogen-bond donors (Lipinski definition) is 0. The topological polar surface area (TPSA) is 18.5 Å². The first-order chi connectivity index (χ1) is 5.54. The summed E-state index contributed by atoms with van der Waals surface area (Å²) in [5.41, 5.74) is -0.236. The molecule has 0 aliphatic rings. The van der Waals surface area contributed by atoms with Crippen molar-refractivity contribution in [2.24, 2.45) is 0 Å². The minimum atomic E-state index is -1.94. The molecular weight excluding hydrogens is 192 g/mol. The molecule has 0 fully saturated rings. The predicted molar refractivity (Wildman–Crippen MR) is 54.7 cm³/mol. The van der Waals surface area contributed by atoms with Crippen LogP contribution in [0.5, 0.6) is 0 Å².